The molecule has 140 valence electrons. The maximum atomic E-state index is 4.71. The molecule has 2 aromatic carbocycles. The lowest BCUT2D eigenvalue weighted by Crippen LogP contribution is -2.25. The van der Waals surface area contributed by atoms with Crippen LogP contribution >= 0.6 is 0 Å². The highest BCUT2D eigenvalue weighted by atomic mass is 14.9. The summed E-state index contributed by atoms with van der Waals surface area (Å²) in [6.07, 6.45) is 16.3. The quantitative estimate of drug-likeness (QED) is 0.744. The average Bonchev–Trinajstić information content (AvgIpc) is 3.57. The molecule has 2 atom stereocenters. The molecule has 2 aromatic rings. The van der Waals surface area contributed by atoms with Gasteiger partial charge in [0.2, 0.25) is 0 Å². The third-order valence-corrected chi connectivity index (χ3v) is 6.38. The molecule has 0 saturated heterocycles. The van der Waals surface area contributed by atoms with Gasteiger partial charge >= 0.3 is 0 Å². The van der Waals surface area contributed by atoms with Crippen LogP contribution in [0, 0.1) is 11.8 Å². The van der Waals surface area contributed by atoms with E-state index in [1.165, 1.54) is 39.3 Å². The molecular weight excluding hydrogens is 352 g/mol. The molecule has 2 nitrogen and oxygen atoms in total. The van der Waals surface area contributed by atoms with Gasteiger partial charge in [-0.2, -0.15) is 0 Å². The molecule has 0 radical (unpaired) electrons. The van der Waals surface area contributed by atoms with Crippen molar-refractivity contribution >= 4 is 29.4 Å². The predicted molar refractivity (Wildman–Crippen MR) is 121 cm³/mol. The Morgan fingerprint density at radius 1 is 0.897 bits per heavy atom. The van der Waals surface area contributed by atoms with Crippen LogP contribution in [-0.2, 0) is 0 Å². The Labute approximate surface area is 170 Å². The van der Waals surface area contributed by atoms with Crippen molar-refractivity contribution in [1.29, 1.82) is 0 Å². The van der Waals surface area contributed by atoms with Crippen LogP contribution in [-0.4, -0.2) is 12.1 Å². The Kier molecular flexibility index (Phi) is 3.83. The molecule has 6 rings (SSSR count). The van der Waals surface area contributed by atoms with E-state index >= 15 is 0 Å². The van der Waals surface area contributed by atoms with Crippen LogP contribution in [0.4, 0.5) is 0 Å². The summed E-state index contributed by atoms with van der Waals surface area (Å²) in [5.74, 6) is 1.34. The van der Waals surface area contributed by atoms with E-state index in [1.54, 1.807) is 6.34 Å². The molecule has 29 heavy (non-hydrogen) atoms. The summed E-state index contributed by atoms with van der Waals surface area (Å²) >= 11 is 0. The van der Waals surface area contributed by atoms with Gasteiger partial charge in [0.05, 0.1) is 5.70 Å². The maximum absolute atomic E-state index is 4.71. The van der Waals surface area contributed by atoms with E-state index in [0.29, 0.717) is 11.8 Å². The van der Waals surface area contributed by atoms with Gasteiger partial charge in [-0.15, -0.1) is 0 Å². The van der Waals surface area contributed by atoms with Crippen LogP contribution in [0.25, 0.3) is 17.3 Å². The van der Waals surface area contributed by atoms with Crippen LogP contribution in [0.5, 0.6) is 0 Å². The van der Waals surface area contributed by atoms with Gasteiger partial charge in [-0.25, -0.2) is 9.98 Å². The summed E-state index contributed by atoms with van der Waals surface area (Å²) in [6, 6.07) is 17.5. The smallest absolute Gasteiger partial charge is 0.115 e. The maximum Gasteiger partial charge on any atom is 0.115 e. The number of allylic oxidation sites excluding steroid dienone is 5. The number of hydrogen-bond acceptors (Lipinski definition) is 2. The second-order valence-corrected chi connectivity index (χ2v) is 8.20. The Morgan fingerprint density at radius 3 is 2.69 bits per heavy atom. The highest BCUT2D eigenvalue weighted by Gasteiger charge is 2.41. The fourth-order valence-corrected chi connectivity index (χ4v) is 4.69. The highest BCUT2D eigenvalue weighted by molar-refractivity contribution is 6.00. The lowest BCUT2D eigenvalue weighted by molar-refractivity contribution is 1.03. The summed E-state index contributed by atoms with van der Waals surface area (Å²) < 4.78 is 0. The van der Waals surface area contributed by atoms with Crippen LogP contribution in [0.2, 0.25) is 0 Å². The van der Waals surface area contributed by atoms with E-state index in [2.05, 4.69) is 83.9 Å². The van der Waals surface area contributed by atoms with Gasteiger partial charge < -0.3 is 0 Å². The van der Waals surface area contributed by atoms with Crippen LogP contribution < -0.4 is 10.4 Å². The molecule has 0 aromatic heterocycles. The van der Waals surface area contributed by atoms with Gasteiger partial charge in [-0.05, 0) is 45.9 Å². The van der Waals surface area contributed by atoms with E-state index in [0.717, 1.165) is 24.1 Å². The number of benzene rings is 2. The van der Waals surface area contributed by atoms with Crippen molar-refractivity contribution in [2.75, 3.05) is 0 Å². The first kappa shape index (κ1) is 16.7. The van der Waals surface area contributed by atoms with Crippen LogP contribution in [0.15, 0.2) is 88.4 Å². The first-order valence-electron chi connectivity index (χ1n) is 10.4. The van der Waals surface area contributed by atoms with E-state index in [9.17, 15) is 0 Å². The minimum atomic E-state index is 0.646. The molecule has 1 saturated carbocycles. The average molecular weight is 374 g/mol. The second kappa shape index (κ2) is 6.66. The van der Waals surface area contributed by atoms with Crippen molar-refractivity contribution in [3.05, 3.63) is 100.0 Å². The van der Waals surface area contributed by atoms with Crippen molar-refractivity contribution < 1.29 is 0 Å². The fourth-order valence-electron chi connectivity index (χ4n) is 4.69. The van der Waals surface area contributed by atoms with Crippen LogP contribution in [0.1, 0.15) is 30.4 Å². The molecule has 2 unspecified atom stereocenters. The van der Waals surface area contributed by atoms with Gasteiger partial charge in [-0.3, -0.25) is 0 Å². The summed E-state index contributed by atoms with van der Waals surface area (Å²) in [4.78, 5) is 9.37. The van der Waals surface area contributed by atoms with Crippen molar-refractivity contribution in [3.8, 4) is 0 Å². The standard InChI is InChI=1S/C27H22N2/c1-3-7-23-18(5-1)6-2-4-8-24(23)19-9-11-20(12-10-19)27-22-14-13-21-15-25(21)26(16-22)28-17-29-27/h1,3-14,17,21,25H,2,15-16H2. The number of hydrogen-bond donors (Lipinski definition) is 0. The van der Waals surface area contributed by atoms with Gasteiger partial charge in [0.15, 0.2) is 0 Å². The lowest BCUT2D eigenvalue weighted by Gasteiger charge is -2.09. The minimum absolute atomic E-state index is 0.646. The molecule has 1 fully saturated rings. The zero-order chi connectivity index (χ0) is 19.2. The molecule has 0 N–H and O–H groups in total. The first-order chi connectivity index (χ1) is 14.4. The largest absolute Gasteiger partial charge is 0.245 e. The SMILES string of the molecule is C1=CC(c2ccc(C3=C4C=CC5CC5C(=NC=N3)C4)cc2)=c2ccccc2=CC1. The van der Waals surface area contributed by atoms with Crippen molar-refractivity contribution in [1.82, 2.24) is 0 Å². The minimum Gasteiger partial charge on any atom is -0.245 e. The lowest BCUT2D eigenvalue weighted by atomic mass is 9.97. The zero-order valence-corrected chi connectivity index (χ0v) is 16.3. The van der Waals surface area contributed by atoms with Gasteiger partial charge in [0, 0.05) is 23.6 Å². The molecule has 3 aliphatic carbocycles. The van der Waals surface area contributed by atoms with E-state index in [-0.39, 0.29) is 0 Å². The van der Waals surface area contributed by atoms with E-state index in [4.69, 9.17) is 4.99 Å². The number of rotatable bonds is 2. The molecule has 2 bridgehead atoms. The van der Waals surface area contributed by atoms with Crippen molar-refractivity contribution in [2.45, 2.75) is 19.3 Å². The molecule has 0 amide bonds. The van der Waals surface area contributed by atoms with Gasteiger partial charge in [-0.1, -0.05) is 78.9 Å². The summed E-state index contributed by atoms with van der Waals surface area (Å²) in [5.41, 5.74) is 7.34. The molecule has 1 aliphatic heterocycles. The zero-order valence-electron chi connectivity index (χ0n) is 16.3. The Balaban J connectivity index is 1.43. The van der Waals surface area contributed by atoms with Crippen molar-refractivity contribution in [2.24, 2.45) is 21.8 Å². The molecule has 1 heterocycles. The van der Waals surface area contributed by atoms with Gasteiger partial charge in [0.25, 0.3) is 0 Å². The summed E-state index contributed by atoms with van der Waals surface area (Å²) in [7, 11) is 0. The number of aliphatic imine (C=N–C) groups is 2. The first-order valence-corrected chi connectivity index (χ1v) is 10.4. The molecule has 4 aliphatic rings. The Hall–Kier alpha value is -3.26. The summed E-state index contributed by atoms with van der Waals surface area (Å²) in [6.45, 7) is 0. The second-order valence-electron chi connectivity index (χ2n) is 8.20. The molecular formula is C27H22N2. The Bertz CT molecular complexity index is 1270. The molecule has 2 heteroatoms. The topological polar surface area (TPSA) is 24.7 Å². The fraction of sp³-hybridized carbons (Fsp3) is 0.185. The monoisotopic (exact) mass is 374 g/mol. The van der Waals surface area contributed by atoms with Crippen LogP contribution in [0.3, 0.4) is 0 Å². The molecule has 0 spiro atoms. The number of nitrogens with zero attached hydrogens (tertiary/aromatic N) is 2. The van der Waals surface area contributed by atoms with Crippen molar-refractivity contribution in [3.63, 3.8) is 0 Å². The third kappa shape index (κ3) is 2.96. The van der Waals surface area contributed by atoms with Gasteiger partial charge in [0.1, 0.15) is 6.34 Å². The van der Waals surface area contributed by atoms with E-state index < -0.39 is 0 Å². The third-order valence-electron chi connectivity index (χ3n) is 6.38. The summed E-state index contributed by atoms with van der Waals surface area (Å²) in [5, 5.41) is 2.61. The number of fused-ring (bicyclic) bond motifs is 5. The normalized spacial score (nSPS) is 24.0. The van der Waals surface area contributed by atoms with E-state index in [1.807, 2.05) is 0 Å². The predicted octanol–water partition coefficient (Wildman–Crippen LogP) is 4.42. The Morgan fingerprint density at radius 2 is 1.76 bits per heavy atom. The highest BCUT2D eigenvalue weighted by Crippen LogP contribution is 2.46.